The highest BCUT2D eigenvalue weighted by Gasteiger charge is 2.29. The minimum atomic E-state index is 0.470. The molecule has 2 saturated heterocycles. The topological polar surface area (TPSA) is 85.0 Å². The number of nitrogens with zero attached hydrogens (tertiary/aromatic N) is 3. The minimum absolute atomic E-state index is 0.470. The summed E-state index contributed by atoms with van der Waals surface area (Å²) >= 11 is 0. The maximum atomic E-state index is 5.88. The molecule has 3 N–H and O–H groups in total. The number of allylic oxidation sites excluding steroid dienone is 1. The van der Waals surface area contributed by atoms with Crippen LogP contribution in [-0.2, 0) is 9.47 Å². The van der Waals surface area contributed by atoms with Gasteiger partial charge in [0.2, 0.25) is 0 Å². The van der Waals surface area contributed by atoms with E-state index in [0.29, 0.717) is 17.5 Å². The molecular weight excluding hydrogens is 330 g/mol. The highest BCUT2D eigenvalue weighted by atomic mass is 16.5. The third-order valence-electron chi connectivity index (χ3n) is 5.30. The molecule has 1 unspecified atom stereocenters. The van der Waals surface area contributed by atoms with E-state index in [2.05, 4.69) is 21.3 Å². The van der Waals surface area contributed by atoms with Crippen molar-refractivity contribution in [3.63, 3.8) is 0 Å². The molecule has 2 fully saturated rings. The van der Waals surface area contributed by atoms with Crippen LogP contribution in [0.5, 0.6) is 0 Å². The second-order valence-corrected chi connectivity index (χ2v) is 7.10. The summed E-state index contributed by atoms with van der Waals surface area (Å²) < 4.78 is 11.0. The first-order valence-electron chi connectivity index (χ1n) is 9.46. The molecule has 140 valence electrons. The van der Waals surface area contributed by atoms with Gasteiger partial charge in [-0.2, -0.15) is 0 Å². The number of nitrogen functional groups attached to an aromatic ring is 1. The van der Waals surface area contributed by atoms with E-state index >= 15 is 0 Å². The number of rotatable bonds is 3. The van der Waals surface area contributed by atoms with Crippen molar-refractivity contribution in [2.45, 2.75) is 19.3 Å². The van der Waals surface area contributed by atoms with Gasteiger partial charge in [0.25, 0.3) is 0 Å². The number of ether oxygens (including phenoxy) is 2. The molecule has 1 aromatic rings. The number of nitrogens with two attached hydrogens (primary N) is 1. The largest absolute Gasteiger partial charge is 0.399 e. The van der Waals surface area contributed by atoms with Gasteiger partial charge in [-0.1, -0.05) is 0 Å². The third kappa shape index (κ3) is 4.16. The zero-order chi connectivity index (χ0) is 17.8. The van der Waals surface area contributed by atoms with Gasteiger partial charge in [0, 0.05) is 50.7 Å². The van der Waals surface area contributed by atoms with Gasteiger partial charge in [0.15, 0.2) is 0 Å². The molecule has 0 bridgehead atoms. The molecule has 0 saturated carbocycles. The number of aliphatic imine (C=N–C) groups is 1. The standard InChI is InChI=1S/C19H27N5O2/c20-16-1-4-21-17(13-16)22-18-11-15(14-2-7-25-8-3-14)12-19(23-18)24-5-9-26-10-6-24/h1,4,12-15H,2-3,5-11H2,(H3,20,21,22,23). The summed E-state index contributed by atoms with van der Waals surface area (Å²) in [6.07, 6.45) is 7.20. The van der Waals surface area contributed by atoms with Gasteiger partial charge >= 0.3 is 0 Å². The molecule has 26 heavy (non-hydrogen) atoms. The van der Waals surface area contributed by atoms with Crippen LogP contribution in [0.25, 0.3) is 0 Å². The fraction of sp³-hybridized carbons (Fsp3) is 0.579. The number of amidine groups is 1. The number of anilines is 2. The predicted molar refractivity (Wildman–Crippen MR) is 102 cm³/mol. The van der Waals surface area contributed by atoms with Crippen molar-refractivity contribution in [3.05, 3.63) is 30.2 Å². The van der Waals surface area contributed by atoms with Crippen LogP contribution in [0.1, 0.15) is 19.3 Å². The van der Waals surface area contributed by atoms with Gasteiger partial charge in [0.1, 0.15) is 17.5 Å². The van der Waals surface area contributed by atoms with Gasteiger partial charge in [-0.3, -0.25) is 0 Å². The van der Waals surface area contributed by atoms with Crippen molar-refractivity contribution in [1.82, 2.24) is 9.88 Å². The number of aromatic nitrogens is 1. The molecule has 0 spiro atoms. The van der Waals surface area contributed by atoms with Crippen LogP contribution in [0.4, 0.5) is 11.5 Å². The summed E-state index contributed by atoms with van der Waals surface area (Å²) in [6.45, 7) is 5.01. The summed E-state index contributed by atoms with van der Waals surface area (Å²) in [5.74, 6) is 3.88. The number of nitrogens with one attached hydrogen (secondary N) is 1. The van der Waals surface area contributed by atoms with E-state index in [1.54, 1.807) is 12.3 Å². The fourth-order valence-corrected chi connectivity index (χ4v) is 3.85. The lowest BCUT2D eigenvalue weighted by molar-refractivity contribution is 0.0478. The van der Waals surface area contributed by atoms with Crippen molar-refractivity contribution in [2.75, 3.05) is 50.6 Å². The molecule has 0 amide bonds. The van der Waals surface area contributed by atoms with E-state index in [9.17, 15) is 0 Å². The first kappa shape index (κ1) is 17.3. The Kier molecular flexibility index (Phi) is 5.36. The first-order chi connectivity index (χ1) is 12.8. The molecule has 4 rings (SSSR count). The molecule has 0 aromatic carbocycles. The SMILES string of the molecule is Nc1ccnc(NC2=NC(N3CCOCC3)=CC(C3CCOCC3)C2)c1. The molecular formula is C19H27N5O2. The summed E-state index contributed by atoms with van der Waals surface area (Å²) in [4.78, 5) is 11.6. The van der Waals surface area contributed by atoms with Gasteiger partial charge in [0.05, 0.1) is 13.2 Å². The average Bonchev–Trinajstić information content (AvgIpc) is 2.69. The Bertz CT molecular complexity index is 678. The maximum absolute atomic E-state index is 5.88. The molecule has 1 aromatic heterocycles. The predicted octanol–water partition coefficient (Wildman–Crippen LogP) is 2.09. The quantitative estimate of drug-likeness (QED) is 0.862. The highest BCUT2D eigenvalue weighted by molar-refractivity contribution is 5.96. The Morgan fingerprint density at radius 2 is 1.88 bits per heavy atom. The summed E-state index contributed by atoms with van der Waals surface area (Å²) in [5, 5.41) is 3.39. The summed E-state index contributed by atoms with van der Waals surface area (Å²) in [5.41, 5.74) is 6.58. The molecule has 1 atom stereocenters. The van der Waals surface area contributed by atoms with E-state index in [1.165, 1.54) is 0 Å². The smallest absolute Gasteiger partial charge is 0.133 e. The van der Waals surface area contributed by atoms with Crippen molar-refractivity contribution < 1.29 is 9.47 Å². The van der Waals surface area contributed by atoms with Crippen LogP contribution in [-0.4, -0.2) is 55.2 Å². The number of morpholine rings is 1. The zero-order valence-electron chi connectivity index (χ0n) is 15.1. The normalized spacial score (nSPS) is 24.8. The van der Waals surface area contributed by atoms with Crippen molar-refractivity contribution in [1.29, 1.82) is 0 Å². The summed E-state index contributed by atoms with van der Waals surface area (Å²) in [7, 11) is 0. The monoisotopic (exact) mass is 357 g/mol. The number of pyridine rings is 1. The molecule has 0 aliphatic carbocycles. The van der Waals surface area contributed by atoms with Crippen LogP contribution < -0.4 is 11.1 Å². The lowest BCUT2D eigenvalue weighted by Crippen LogP contribution is -2.38. The van der Waals surface area contributed by atoms with Crippen LogP contribution in [0, 0.1) is 11.8 Å². The Hall–Kier alpha value is -2.12. The fourth-order valence-electron chi connectivity index (χ4n) is 3.85. The van der Waals surface area contributed by atoms with E-state index in [4.69, 9.17) is 20.2 Å². The van der Waals surface area contributed by atoms with Crippen molar-refractivity contribution in [3.8, 4) is 0 Å². The van der Waals surface area contributed by atoms with Crippen LogP contribution >= 0.6 is 0 Å². The van der Waals surface area contributed by atoms with Crippen LogP contribution in [0.15, 0.2) is 35.2 Å². The Morgan fingerprint density at radius 3 is 2.65 bits per heavy atom. The molecule has 4 heterocycles. The zero-order valence-corrected chi connectivity index (χ0v) is 15.1. The Balaban J connectivity index is 1.55. The second kappa shape index (κ2) is 8.05. The highest BCUT2D eigenvalue weighted by Crippen LogP contribution is 2.32. The minimum Gasteiger partial charge on any atom is -0.399 e. The van der Waals surface area contributed by atoms with Gasteiger partial charge in [-0.25, -0.2) is 9.98 Å². The molecule has 7 nitrogen and oxygen atoms in total. The van der Waals surface area contributed by atoms with Crippen LogP contribution in [0.2, 0.25) is 0 Å². The van der Waals surface area contributed by atoms with E-state index in [-0.39, 0.29) is 0 Å². The lowest BCUT2D eigenvalue weighted by Gasteiger charge is -2.35. The first-order valence-corrected chi connectivity index (χ1v) is 9.46. The lowest BCUT2D eigenvalue weighted by atomic mass is 9.82. The van der Waals surface area contributed by atoms with Gasteiger partial charge in [-0.05, 0) is 36.8 Å². The second-order valence-electron chi connectivity index (χ2n) is 7.10. The van der Waals surface area contributed by atoms with E-state index in [0.717, 1.165) is 76.3 Å². The Labute approximate surface area is 154 Å². The molecule has 7 heteroatoms. The molecule has 0 radical (unpaired) electrons. The number of hydrogen-bond acceptors (Lipinski definition) is 7. The summed E-state index contributed by atoms with van der Waals surface area (Å²) in [6, 6.07) is 3.64. The average molecular weight is 357 g/mol. The van der Waals surface area contributed by atoms with E-state index in [1.807, 2.05) is 6.07 Å². The van der Waals surface area contributed by atoms with E-state index < -0.39 is 0 Å². The van der Waals surface area contributed by atoms with Gasteiger partial charge < -0.3 is 25.4 Å². The third-order valence-corrected chi connectivity index (χ3v) is 5.30. The van der Waals surface area contributed by atoms with Crippen molar-refractivity contribution >= 4 is 17.3 Å². The van der Waals surface area contributed by atoms with Gasteiger partial charge in [-0.15, -0.1) is 0 Å². The molecule has 3 aliphatic heterocycles. The van der Waals surface area contributed by atoms with Crippen molar-refractivity contribution in [2.24, 2.45) is 16.8 Å². The Morgan fingerprint density at radius 1 is 1.12 bits per heavy atom. The number of hydrogen-bond donors (Lipinski definition) is 2. The maximum Gasteiger partial charge on any atom is 0.133 e. The molecule has 3 aliphatic rings. The van der Waals surface area contributed by atoms with Crippen LogP contribution in [0.3, 0.4) is 0 Å².